The van der Waals surface area contributed by atoms with Crippen molar-refractivity contribution in [2.45, 2.75) is 32.0 Å². The molecule has 0 unspecified atom stereocenters. The molecule has 0 spiro atoms. The van der Waals surface area contributed by atoms with E-state index >= 15 is 0 Å². The van der Waals surface area contributed by atoms with Crippen molar-refractivity contribution in [3.63, 3.8) is 0 Å². The topological polar surface area (TPSA) is 67.2 Å². The minimum absolute atomic E-state index is 0.0873. The zero-order valence-electron chi connectivity index (χ0n) is 13.5. The van der Waals surface area contributed by atoms with Gasteiger partial charge in [0.05, 0.1) is 30.7 Å². The summed E-state index contributed by atoms with van der Waals surface area (Å²) in [5, 5.41) is 8.00. The molecule has 24 heavy (non-hydrogen) atoms. The van der Waals surface area contributed by atoms with Crippen LogP contribution < -0.4 is 4.90 Å². The summed E-state index contributed by atoms with van der Waals surface area (Å²) in [4.78, 5) is 21.7. The van der Waals surface area contributed by atoms with Gasteiger partial charge in [-0.1, -0.05) is 11.3 Å². The van der Waals surface area contributed by atoms with Gasteiger partial charge in [-0.15, -0.1) is 11.7 Å². The Kier molecular flexibility index (Phi) is 3.76. The number of amides is 1. The third-order valence-corrected chi connectivity index (χ3v) is 4.69. The van der Waals surface area contributed by atoms with Gasteiger partial charge in [0.1, 0.15) is 0 Å². The van der Waals surface area contributed by atoms with E-state index in [2.05, 4.69) is 32.8 Å². The molecular weight excluding hydrogens is 304 g/mol. The fourth-order valence-corrected chi connectivity index (χ4v) is 3.59. The summed E-state index contributed by atoms with van der Waals surface area (Å²) in [6, 6.07) is 4.42. The molecule has 2 aliphatic heterocycles. The molecule has 0 aliphatic carbocycles. The lowest BCUT2D eigenvalue weighted by molar-refractivity contribution is 0.0730. The molecule has 0 radical (unpaired) electrons. The lowest BCUT2D eigenvalue weighted by Gasteiger charge is -2.27. The van der Waals surface area contributed by atoms with Gasteiger partial charge >= 0.3 is 0 Å². The normalized spacial score (nSPS) is 19.6. The molecule has 1 fully saturated rings. The van der Waals surface area contributed by atoms with Crippen LogP contribution in [0.25, 0.3) is 0 Å². The number of fused-ring (bicyclic) bond motifs is 3. The zero-order valence-corrected chi connectivity index (χ0v) is 13.5. The second kappa shape index (κ2) is 6.07. The van der Waals surface area contributed by atoms with Gasteiger partial charge in [-0.05, 0) is 25.0 Å². The molecule has 4 heterocycles. The van der Waals surface area contributed by atoms with Crippen LogP contribution in [0.3, 0.4) is 0 Å². The van der Waals surface area contributed by atoms with Gasteiger partial charge in [-0.3, -0.25) is 9.78 Å². The number of hydrogen-bond donors (Lipinski definition) is 0. The lowest BCUT2D eigenvalue weighted by Crippen LogP contribution is -2.40. The van der Waals surface area contributed by atoms with Crippen molar-refractivity contribution in [2.24, 2.45) is 0 Å². The SMILES string of the molecule is C=CCn1cc(C(=O)N2Cc3ncccc3N3CCC[C@H]3C2)nn1. The maximum Gasteiger partial charge on any atom is 0.276 e. The van der Waals surface area contributed by atoms with Crippen molar-refractivity contribution in [1.29, 1.82) is 0 Å². The minimum Gasteiger partial charge on any atom is -0.365 e. The number of allylic oxidation sites excluding steroid dienone is 1. The van der Waals surface area contributed by atoms with Gasteiger partial charge in [0.2, 0.25) is 0 Å². The van der Waals surface area contributed by atoms with E-state index in [-0.39, 0.29) is 5.91 Å². The summed E-state index contributed by atoms with van der Waals surface area (Å²) in [6.07, 6.45) is 7.45. The molecule has 2 aliphatic rings. The Morgan fingerprint density at radius 3 is 3.25 bits per heavy atom. The zero-order chi connectivity index (χ0) is 16.5. The number of rotatable bonds is 3. The molecule has 7 heteroatoms. The van der Waals surface area contributed by atoms with E-state index in [1.807, 2.05) is 11.0 Å². The lowest BCUT2D eigenvalue weighted by atomic mass is 10.2. The van der Waals surface area contributed by atoms with Crippen LogP contribution >= 0.6 is 0 Å². The molecule has 0 N–H and O–H groups in total. The molecular formula is C17H20N6O. The summed E-state index contributed by atoms with van der Waals surface area (Å²) in [5.74, 6) is -0.0873. The Morgan fingerprint density at radius 1 is 1.46 bits per heavy atom. The standard InChI is InChI=1S/C17H20N6O/c1-2-8-22-12-15(19-20-22)17(24)21-10-13-5-4-9-23(13)16-6-3-7-18-14(16)11-21/h2-3,6-7,12-13H,1,4-5,8-11H2/t13-/m0/s1. The number of anilines is 1. The second-order valence-corrected chi connectivity index (χ2v) is 6.26. The summed E-state index contributed by atoms with van der Waals surface area (Å²) >= 11 is 0. The smallest absolute Gasteiger partial charge is 0.276 e. The van der Waals surface area contributed by atoms with E-state index in [1.54, 1.807) is 23.2 Å². The first-order chi connectivity index (χ1) is 11.8. The minimum atomic E-state index is -0.0873. The monoisotopic (exact) mass is 324 g/mol. The predicted octanol–water partition coefficient (Wildman–Crippen LogP) is 1.48. The van der Waals surface area contributed by atoms with Crippen LogP contribution in [0.1, 0.15) is 29.0 Å². The highest BCUT2D eigenvalue weighted by atomic mass is 16.2. The Bertz CT molecular complexity index is 770. The van der Waals surface area contributed by atoms with Crippen molar-refractivity contribution < 1.29 is 4.79 Å². The Hall–Kier alpha value is -2.70. The molecule has 2 aromatic rings. The van der Waals surface area contributed by atoms with E-state index in [1.165, 1.54) is 0 Å². The highest BCUT2D eigenvalue weighted by Gasteiger charge is 2.34. The van der Waals surface area contributed by atoms with Crippen molar-refractivity contribution in [1.82, 2.24) is 24.9 Å². The average molecular weight is 324 g/mol. The third-order valence-electron chi connectivity index (χ3n) is 4.69. The van der Waals surface area contributed by atoms with Gasteiger partial charge in [0.15, 0.2) is 5.69 Å². The van der Waals surface area contributed by atoms with Crippen molar-refractivity contribution in [3.05, 3.63) is 48.6 Å². The van der Waals surface area contributed by atoms with Crippen LogP contribution in [0.2, 0.25) is 0 Å². The fraction of sp³-hybridized carbons (Fsp3) is 0.412. The van der Waals surface area contributed by atoms with Gasteiger partial charge in [0, 0.05) is 25.3 Å². The number of carbonyl (C=O) groups excluding carboxylic acids is 1. The highest BCUT2D eigenvalue weighted by Crippen LogP contribution is 2.32. The molecule has 1 atom stereocenters. The summed E-state index contributed by atoms with van der Waals surface area (Å²) in [6.45, 7) is 6.46. The van der Waals surface area contributed by atoms with E-state index in [0.717, 1.165) is 30.8 Å². The second-order valence-electron chi connectivity index (χ2n) is 6.26. The van der Waals surface area contributed by atoms with Gasteiger partial charge in [-0.25, -0.2) is 4.68 Å². The fourth-order valence-electron chi connectivity index (χ4n) is 3.59. The van der Waals surface area contributed by atoms with Crippen molar-refractivity contribution >= 4 is 11.6 Å². The van der Waals surface area contributed by atoms with Crippen LogP contribution in [-0.4, -0.2) is 49.9 Å². The van der Waals surface area contributed by atoms with Gasteiger partial charge in [-0.2, -0.15) is 0 Å². The molecule has 0 bridgehead atoms. The van der Waals surface area contributed by atoms with E-state index in [9.17, 15) is 4.79 Å². The Labute approximate surface area is 140 Å². The molecule has 7 nitrogen and oxygen atoms in total. The molecule has 1 amide bonds. The summed E-state index contributed by atoms with van der Waals surface area (Å²) in [7, 11) is 0. The average Bonchev–Trinajstić information content (AvgIpc) is 3.21. The van der Waals surface area contributed by atoms with Crippen LogP contribution in [0.5, 0.6) is 0 Å². The molecule has 1 saturated heterocycles. The maximum absolute atomic E-state index is 12.9. The van der Waals surface area contributed by atoms with Gasteiger partial charge in [0.25, 0.3) is 5.91 Å². The number of pyridine rings is 1. The van der Waals surface area contributed by atoms with Crippen LogP contribution in [0.15, 0.2) is 37.2 Å². The number of hydrogen-bond acceptors (Lipinski definition) is 5. The molecule has 0 saturated carbocycles. The summed E-state index contributed by atoms with van der Waals surface area (Å²) < 4.78 is 1.62. The first kappa shape index (κ1) is 14.9. The Morgan fingerprint density at radius 2 is 2.38 bits per heavy atom. The van der Waals surface area contributed by atoms with E-state index < -0.39 is 0 Å². The number of carbonyl (C=O) groups is 1. The number of aromatic nitrogens is 4. The molecule has 2 aromatic heterocycles. The molecule has 4 rings (SSSR count). The quantitative estimate of drug-likeness (QED) is 0.800. The first-order valence-electron chi connectivity index (χ1n) is 8.27. The largest absolute Gasteiger partial charge is 0.365 e. The van der Waals surface area contributed by atoms with Crippen molar-refractivity contribution in [3.8, 4) is 0 Å². The van der Waals surface area contributed by atoms with E-state index in [0.29, 0.717) is 31.4 Å². The van der Waals surface area contributed by atoms with Crippen LogP contribution in [0, 0.1) is 0 Å². The van der Waals surface area contributed by atoms with Crippen LogP contribution in [0.4, 0.5) is 5.69 Å². The molecule has 0 aromatic carbocycles. The first-order valence-corrected chi connectivity index (χ1v) is 8.27. The van der Waals surface area contributed by atoms with Crippen LogP contribution in [-0.2, 0) is 13.1 Å². The highest BCUT2D eigenvalue weighted by molar-refractivity contribution is 5.92. The third kappa shape index (κ3) is 2.55. The van der Waals surface area contributed by atoms with E-state index in [4.69, 9.17) is 0 Å². The maximum atomic E-state index is 12.9. The molecule has 124 valence electrons. The number of nitrogens with zero attached hydrogens (tertiary/aromatic N) is 6. The Balaban J connectivity index is 1.63. The van der Waals surface area contributed by atoms with Gasteiger partial charge < -0.3 is 9.80 Å². The predicted molar refractivity (Wildman–Crippen MR) is 89.6 cm³/mol. The van der Waals surface area contributed by atoms with Crippen molar-refractivity contribution in [2.75, 3.05) is 18.0 Å². The summed E-state index contributed by atoms with van der Waals surface area (Å²) in [5.41, 5.74) is 2.49.